The van der Waals surface area contributed by atoms with Crippen LogP contribution in [0.3, 0.4) is 0 Å². The van der Waals surface area contributed by atoms with Crippen LogP contribution in [0, 0.1) is 0 Å². The van der Waals surface area contributed by atoms with E-state index in [9.17, 15) is 18.3 Å². The van der Waals surface area contributed by atoms with E-state index in [2.05, 4.69) is 4.72 Å². The number of benzene rings is 3. The number of aliphatic hydroxyl groups is 1. The molecule has 184 valence electrons. The monoisotopic (exact) mass is 495 g/mol. The van der Waals surface area contributed by atoms with E-state index in [1.807, 2.05) is 30.3 Å². The van der Waals surface area contributed by atoms with E-state index < -0.39 is 22.1 Å². The molecule has 0 heterocycles. The number of aryl methyl sites for hydroxylation is 1. The number of aliphatic carboxylic acids is 1. The average molecular weight is 496 g/mol. The number of anilines is 1. The second-order valence-corrected chi connectivity index (χ2v) is 9.65. The summed E-state index contributed by atoms with van der Waals surface area (Å²) in [5.41, 5.74) is 2.03. The van der Waals surface area contributed by atoms with Crippen molar-refractivity contribution >= 4 is 27.8 Å². The number of ether oxygens (including phenoxy) is 1. The molecule has 3 rings (SSSR count). The van der Waals surface area contributed by atoms with E-state index in [4.69, 9.17) is 9.84 Å². The predicted molar refractivity (Wildman–Crippen MR) is 136 cm³/mol. The molecule has 0 spiro atoms. The minimum Gasteiger partial charge on any atom is -0.493 e. The van der Waals surface area contributed by atoms with E-state index in [-0.39, 0.29) is 11.3 Å². The van der Waals surface area contributed by atoms with E-state index in [0.29, 0.717) is 37.3 Å². The number of carboxylic acids is 1. The summed E-state index contributed by atoms with van der Waals surface area (Å²) in [5, 5.41) is 19.2. The summed E-state index contributed by atoms with van der Waals surface area (Å²) in [6.45, 7) is 0.395. The number of hydrogen-bond donors (Lipinski definition) is 3. The SMILES string of the molecule is O=C(O)CCc1ccccc1OCCC[C@@H](O)/C=C/c1cccc(NS(=O)(=O)c2ccccc2)c1. The van der Waals surface area contributed by atoms with Gasteiger partial charge in [0.25, 0.3) is 10.0 Å². The summed E-state index contributed by atoms with van der Waals surface area (Å²) in [5.74, 6) is -0.192. The van der Waals surface area contributed by atoms with Crippen molar-refractivity contribution in [3.8, 4) is 5.75 Å². The standard InChI is InChI=1S/C27H29NO6S/c29-24(11-7-19-34-26-14-5-4-9-22(26)16-18-27(30)31)17-15-21-8-6-10-23(20-21)28-35(32,33)25-12-2-1-3-13-25/h1-6,8-10,12-15,17,20,24,28-29H,7,11,16,18-19H2,(H,30,31)/b17-15+/t24-/m1/s1. The van der Waals surface area contributed by atoms with Crippen LogP contribution in [0.25, 0.3) is 6.08 Å². The minimum absolute atomic E-state index is 0.0405. The third-order valence-corrected chi connectivity index (χ3v) is 6.58. The molecule has 3 N–H and O–H groups in total. The number of sulfonamides is 1. The van der Waals surface area contributed by atoms with E-state index >= 15 is 0 Å². The van der Waals surface area contributed by atoms with Crippen LogP contribution >= 0.6 is 0 Å². The Morgan fingerprint density at radius 3 is 2.51 bits per heavy atom. The molecule has 3 aromatic carbocycles. The molecule has 0 aliphatic rings. The zero-order valence-electron chi connectivity index (χ0n) is 19.2. The molecule has 0 aliphatic carbocycles. The first-order chi connectivity index (χ1) is 16.8. The summed E-state index contributed by atoms with van der Waals surface area (Å²) >= 11 is 0. The first-order valence-electron chi connectivity index (χ1n) is 11.3. The fourth-order valence-corrected chi connectivity index (χ4v) is 4.48. The molecule has 35 heavy (non-hydrogen) atoms. The van der Waals surface area contributed by atoms with Gasteiger partial charge >= 0.3 is 5.97 Å². The minimum atomic E-state index is -3.68. The number of hydrogen-bond acceptors (Lipinski definition) is 5. The number of nitrogens with one attached hydrogen (secondary N) is 1. The van der Waals surface area contributed by atoms with Crippen molar-refractivity contribution in [2.24, 2.45) is 0 Å². The van der Waals surface area contributed by atoms with Crippen molar-refractivity contribution in [2.75, 3.05) is 11.3 Å². The van der Waals surface area contributed by atoms with Gasteiger partial charge in [-0.05, 0) is 60.7 Å². The van der Waals surface area contributed by atoms with Gasteiger partial charge in [-0.2, -0.15) is 0 Å². The summed E-state index contributed by atoms with van der Waals surface area (Å²) in [6.07, 6.45) is 4.24. The third-order valence-electron chi connectivity index (χ3n) is 5.19. The molecule has 3 aromatic rings. The van der Waals surface area contributed by atoms with Crippen LogP contribution in [0.5, 0.6) is 5.75 Å². The lowest BCUT2D eigenvalue weighted by Gasteiger charge is -2.12. The van der Waals surface area contributed by atoms with Crippen molar-refractivity contribution in [2.45, 2.75) is 36.7 Å². The lowest BCUT2D eigenvalue weighted by atomic mass is 10.1. The molecule has 0 aromatic heterocycles. The Kier molecular flexibility index (Phi) is 9.46. The fourth-order valence-electron chi connectivity index (χ4n) is 3.41. The van der Waals surface area contributed by atoms with Gasteiger partial charge in [0.15, 0.2) is 0 Å². The van der Waals surface area contributed by atoms with Crippen molar-refractivity contribution < 1.29 is 28.2 Å². The number of carboxylic acid groups (broad SMARTS) is 1. The first-order valence-corrected chi connectivity index (χ1v) is 12.8. The van der Waals surface area contributed by atoms with Gasteiger partial charge in [-0.15, -0.1) is 0 Å². The maximum atomic E-state index is 12.5. The maximum absolute atomic E-state index is 12.5. The lowest BCUT2D eigenvalue weighted by molar-refractivity contribution is -0.136. The third kappa shape index (κ3) is 8.59. The van der Waals surface area contributed by atoms with Crippen LogP contribution < -0.4 is 9.46 Å². The summed E-state index contributed by atoms with van der Waals surface area (Å²) < 4.78 is 33.4. The Morgan fingerprint density at radius 1 is 1.00 bits per heavy atom. The van der Waals surface area contributed by atoms with Gasteiger partial charge in [0.1, 0.15) is 5.75 Å². The molecule has 0 bridgehead atoms. The van der Waals surface area contributed by atoms with Gasteiger partial charge in [-0.1, -0.05) is 60.7 Å². The maximum Gasteiger partial charge on any atom is 0.303 e. The molecule has 0 aliphatic heterocycles. The Morgan fingerprint density at radius 2 is 1.74 bits per heavy atom. The van der Waals surface area contributed by atoms with E-state index in [1.54, 1.807) is 48.6 Å². The van der Waals surface area contributed by atoms with Gasteiger partial charge in [-0.25, -0.2) is 8.42 Å². The van der Waals surface area contributed by atoms with Crippen molar-refractivity contribution in [1.29, 1.82) is 0 Å². The van der Waals surface area contributed by atoms with Gasteiger partial charge in [0, 0.05) is 12.1 Å². The smallest absolute Gasteiger partial charge is 0.303 e. The Bertz CT molecular complexity index is 1240. The van der Waals surface area contributed by atoms with Crippen LogP contribution in [-0.2, 0) is 21.2 Å². The van der Waals surface area contributed by atoms with Crippen LogP contribution in [0.15, 0.2) is 89.8 Å². The zero-order valence-corrected chi connectivity index (χ0v) is 20.0. The zero-order chi connectivity index (χ0) is 25.1. The molecular formula is C27H29NO6S. The van der Waals surface area contributed by atoms with Gasteiger partial charge in [0.05, 0.1) is 17.6 Å². The Labute approximate surface area is 205 Å². The predicted octanol–water partition coefficient (Wildman–Crippen LogP) is 4.74. The average Bonchev–Trinajstić information content (AvgIpc) is 2.85. The molecule has 0 amide bonds. The number of para-hydroxylation sites is 1. The van der Waals surface area contributed by atoms with Gasteiger partial charge in [-0.3, -0.25) is 9.52 Å². The molecule has 0 saturated carbocycles. The number of rotatable bonds is 13. The number of aliphatic hydroxyl groups excluding tert-OH is 1. The van der Waals surface area contributed by atoms with Crippen molar-refractivity contribution in [1.82, 2.24) is 0 Å². The Balaban J connectivity index is 1.48. The summed E-state index contributed by atoms with van der Waals surface area (Å²) in [6, 6.07) is 22.4. The van der Waals surface area contributed by atoms with Crippen molar-refractivity contribution in [3.63, 3.8) is 0 Å². The van der Waals surface area contributed by atoms with Crippen LogP contribution in [-0.4, -0.2) is 37.3 Å². The largest absolute Gasteiger partial charge is 0.493 e. The highest BCUT2D eigenvalue weighted by Crippen LogP contribution is 2.21. The lowest BCUT2D eigenvalue weighted by Crippen LogP contribution is -2.12. The highest BCUT2D eigenvalue weighted by molar-refractivity contribution is 7.92. The van der Waals surface area contributed by atoms with E-state index in [1.165, 1.54) is 12.1 Å². The molecule has 0 radical (unpaired) electrons. The van der Waals surface area contributed by atoms with E-state index in [0.717, 1.165) is 11.1 Å². The van der Waals surface area contributed by atoms with Crippen LogP contribution in [0.2, 0.25) is 0 Å². The molecule has 0 fully saturated rings. The molecule has 7 nitrogen and oxygen atoms in total. The second kappa shape index (κ2) is 12.7. The molecule has 0 unspecified atom stereocenters. The fraction of sp³-hybridized carbons (Fsp3) is 0.222. The second-order valence-electron chi connectivity index (χ2n) is 7.96. The summed E-state index contributed by atoms with van der Waals surface area (Å²) in [4.78, 5) is 11.0. The van der Waals surface area contributed by atoms with Gasteiger partial charge < -0.3 is 14.9 Å². The van der Waals surface area contributed by atoms with Crippen LogP contribution in [0.4, 0.5) is 5.69 Å². The highest BCUT2D eigenvalue weighted by Gasteiger charge is 2.13. The molecule has 8 heteroatoms. The first kappa shape index (κ1) is 26.0. The van der Waals surface area contributed by atoms with Gasteiger partial charge in [0.2, 0.25) is 0 Å². The molecule has 1 atom stereocenters. The quantitative estimate of drug-likeness (QED) is 0.295. The Hall–Kier alpha value is -3.62. The highest BCUT2D eigenvalue weighted by atomic mass is 32.2. The molecular weight excluding hydrogens is 466 g/mol. The summed E-state index contributed by atoms with van der Waals surface area (Å²) in [7, 11) is -3.68. The number of carbonyl (C=O) groups is 1. The topological polar surface area (TPSA) is 113 Å². The molecule has 0 saturated heterocycles. The van der Waals surface area contributed by atoms with Crippen molar-refractivity contribution in [3.05, 3.63) is 96.1 Å². The van der Waals surface area contributed by atoms with Crippen LogP contribution in [0.1, 0.15) is 30.4 Å². The normalized spacial score (nSPS) is 12.4.